The lowest BCUT2D eigenvalue weighted by atomic mass is 10.2. The molecule has 0 bridgehead atoms. The van der Waals surface area contributed by atoms with Crippen LogP contribution in [0.5, 0.6) is 0 Å². The van der Waals surface area contributed by atoms with Gasteiger partial charge in [-0.1, -0.05) is 41.9 Å². The lowest BCUT2D eigenvalue weighted by Gasteiger charge is -2.02. The van der Waals surface area contributed by atoms with E-state index in [0.717, 1.165) is 5.56 Å². The Morgan fingerprint density at radius 1 is 1.28 bits per heavy atom. The van der Waals surface area contributed by atoms with Crippen molar-refractivity contribution in [3.8, 4) is 0 Å². The number of nitrogens with one attached hydrogen (secondary N) is 2. The van der Waals surface area contributed by atoms with Gasteiger partial charge in [0.2, 0.25) is 0 Å². The molecule has 0 aliphatic heterocycles. The molecule has 0 atom stereocenters. The molecule has 3 rings (SSSR count). The first kappa shape index (κ1) is 17.0. The van der Waals surface area contributed by atoms with Crippen LogP contribution in [0.2, 0.25) is 5.02 Å². The van der Waals surface area contributed by atoms with Crippen molar-refractivity contribution in [2.75, 3.05) is 5.32 Å². The average molecular weight is 370 g/mol. The van der Waals surface area contributed by atoms with Crippen molar-refractivity contribution in [1.82, 2.24) is 20.0 Å². The fourth-order valence-corrected chi connectivity index (χ4v) is 2.29. The van der Waals surface area contributed by atoms with Gasteiger partial charge in [0.05, 0.1) is 6.54 Å². The van der Waals surface area contributed by atoms with E-state index in [9.17, 15) is 18.0 Å². The van der Waals surface area contributed by atoms with Crippen molar-refractivity contribution in [2.24, 2.45) is 0 Å². The van der Waals surface area contributed by atoms with E-state index in [1.54, 1.807) is 5.10 Å². The molecule has 2 N–H and O–H groups in total. The van der Waals surface area contributed by atoms with Gasteiger partial charge in [0.15, 0.2) is 11.5 Å². The Morgan fingerprint density at radius 3 is 2.64 bits per heavy atom. The van der Waals surface area contributed by atoms with E-state index in [1.165, 1.54) is 10.9 Å². The van der Waals surface area contributed by atoms with Gasteiger partial charge in [-0.2, -0.15) is 23.4 Å². The summed E-state index contributed by atoms with van der Waals surface area (Å²) >= 11 is 6.01. The normalized spacial score (nSPS) is 11.5. The zero-order valence-corrected chi connectivity index (χ0v) is 13.3. The van der Waals surface area contributed by atoms with Crippen LogP contribution in [0.15, 0.2) is 42.6 Å². The zero-order chi connectivity index (χ0) is 18.0. The maximum atomic E-state index is 12.5. The van der Waals surface area contributed by atoms with E-state index in [2.05, 4.69) is 15.5 Å². The number of nitrogens with zero attached hydrogens (tertiary/aromatic N) is 3. The molecular weight excluding hydrogens is 359 g/mol. The van der Waals surface area contributed by atoms with Crippen molar-refractivity contribution in [1.29, 1.82) is 0 Å². The Labute approximate surface area is 144 Å². The van der Waals surface area contributed by atoms with Crippen LogP contribution in [0.3, 0.4) is 0 Å². The molecule has 0 saturated carbocycles. The molecule has 25 heavy (non-hydrogen) atoms. The first-order valence-corrected chi connectivity index (χ1v) is 7.41. The van der Waals surface area contributed by atoms with Gasteiger partial charge in [-0.3, -0.25) is 14.6 Å². The summed E-state index contributed by atoms with van der Waals surface area (Å²) in [5.74, 6) is -0.808. The number of carbonyl (C=O) groups is 1. The summed E-state index contributed by atoms with van der Waals surface area (Å²) in [5.41, 5.74) is -0.555. The van der Waals surface area contributed by atoms with Crippen LogP contribution in [0.4, 0.5) is 19.0 Å². The van der Waals surface area contributed by atoms with Gasteiger partial charge in [-0.05, 0) is 5.56 Å². The van der Waals surface area contributed by atoms with E-state index in [4.69, 9.17) is 11.6 Å². The molecule has 1 amide bonds. The van der Waals surface area contributed by atoms with Crippen LogP contribution in [-0.2, 0) is 12.7 Å². The van der Waals surface area contributed by atoms with Gasteiger partial charge in [0.1, 0.15) is 10.7 Å². The highest BCUT2D eigenvalue weighted by Gasteiger charge is 2.33. The van der Waals surface area contributed by atoms with Crippen LogP contribution < -0.4 is 5.32 Å². The molecule has 3 aromatic rings. The number of aromatic amines is 1. The maximum absolute atomic E-state index is 12.5. The Bertz CT molecular complexity index is 888. The van der Waals surface area contributed by atoms with Gasteiger partial charge in [-0.25, -0.2) is 0 Å². The minimum absolute atomic E-state index is 0.0409. The molecule has 6 nitrogen and oxygen atoms in total. The number of amides is 1. The van der Waals surface area contributed by atoms with Crippen molar-refractivity contribution < 1.29 is 18.0 Å². The Balaban J connectivity index is 1.72. The van der Waals surface area contributed by atoms with Gasteiger partial charge in [0, 0.05) is 12.3 Å². The summed E-state index contributed by atoms with van der Waals surface area (Å²) in [5, 5.41) is 11.7. The minimum Gasteiger partial charge on any atom is -0.302 e. The number of carbonyl (C=O) groups excluding carboxylic acids is 1. The molecule has 2 heterocycles. The third-order valence-electron chi connectivity index (χ3n) is 3.25. The Morgan fingerprint density at radius 2 is 2.00 bits per heavy atom. The number of anilines is 1. The second kappa shape index (κ2) is 6.60. The molecular formula is C15H11ClF3N5O. The average Bonchev–Trinajstić information content (AvgIpc) is 3.16. The van der Waals surface area contributed by atoms with Crippen LogP contribution in [0.1, 0.15) is 21.7 Å². The van der Waals surface area contributed by atoms with Gasteiger partial charge in [0.25, 0.3) is 5.91 Å². The number of halogens is 4. The first-order chi connectivity index (χ1) is 11.8. The minimum atomic E-state index is -4.61. The predicted molar refractivity (Wildman–Crippen MR) is 84.3 cm³/mol. The largest absolute Gasteiger partial charge is 0.432 e. The quantitative estimate of drug-likeness (QED) is 0.738. The molecule has 10 heteroatoms. The highest BCUT2D eigenvalue weighted by molar-refractivity contribution is 6.33. The van der Waals surface area contributed by atoms with Gasteiger partial charge >= 0.3 is 6.18 Å². The number of rotatable bonds is 4. The van der Waals surface area contributed by atoms with E-state index in [0.29, 0.717) is 12.6 Å². The van der Waals surface area contributed by atoms with Crippen molar-refractivity contribution in [3.05, 3.63) is 64.6 Å². The standard InChI is InChI=1S/C15H11ClF3N5O/c16-10-8-24(7-9-4-2-1-3-5-9)23-13(10)20-14(25)11-6-12(22-21-11)15(17,18)19/h1-6,8H,7H2,(H,21,22)(H,20,23,25). The number of hydrogen-bond donors (Lipinski definition) is 2. The monoisotopic (exact) mass is 369 g/mol. The molecule has 2 aromatic heterocycles. The molecule has 1 aromatic carbocycles. The highest BCUT2D eigenvalue weighted by atomic mass is 35.5. The number of benzene rings is 1. The van der Waals surface area contributed by atoms with Crippen LogP contribution in [-0.4, -0.2) is 25.9 Å². The predicted octanol–water partition coefficient (Wildman–Crippen LogP) is 3.58. The zero-order valence-electron chi connectivity index (χ0n) is 12.5. The summed E-state index contributed by atoms with van der Waals surface area (Å²) < 4.78 is 39.1. The molecule has 130 valence electrons. The van der Waals surface area contributed by atoms with E-state index >= 15 is 0 Å². The van der Waals surface area contributed by atoms with E-state index in [1.807, 2.05) is 30.3 Å². The molecule has 0 aliphatic rings. The maximum Gasteiger partial charge on any atom is 0.432 e. The fourth-order valence-electron chi connectivity index (χ4n) is 2.09. The number of alkyl halides is 3. The highest BCUT2D eigenvalue weighted by Crippen LogP contribution is 2.28. The molecule has 0 radical (unpaired) electrons. The number of hydrogen-bond acceptors (Lipinski definition) is 3. The summed E-state index contributed by atoms with van der Waals surface area (Å²) in [7, 11) is 0. The lowest BCUT2D eigenvalue weighted by Crippen LogP contribution is -2.13. The third-order valence-corrected chi connectivity index (χ3v) is 3.53. The molecule has 0 spiro atoms. The van der Waals surface area contributed by atoms with Crippen molar-refractivity contribution >= 4 is 23.3 Å². The van der Waals surface area contributed by atoms with E-state index < -0.39 is 23.5 Å². The van der Waals surface area contributed by atoms with Gasteiger partial charge < -0.3 is 5.32 Å². The van der Waals surface area contributed by atoms with Crippen LogP contribution in [0, 0.1) is 0 Å². The Hall–Kier alpha value is -2.81. The topological polar surface area (TPSA) is 75.6 Å². The van der Waals surface area contributed by atoms with Crippen molar-refractivity contribution in [3.63, 3.8) is 0 Å². The summed E-state index contributed by atoms with van der Waals surface area (Å²) in [4.78, 5) is 12.0. The van der Waals surface area contributed by atoms with Crippen LogP contribution in [0.25, 0.3) is 0 Å². The summed E-state index contributed by atoms with van der Waals surface area (Å²) in [6, 6.07) is 10.0. The second-order valence-corrected chi connectivity index (χ2v) is 5.53. The molecule has 0 fully saturated rings. The molecule has 0 saturated heterocycles. The van der Waals surface area contributed by atoms with Gasteiger partial charge in [-0.15, -0.1) is 0 Å². The molecule has 0 unspecified atom stereocenters. The smallest absolute Gasteiger partial charge is 0.302 e. The third kappa shape index (κ3) is 4.00. The summed E-state index contributed by atoms with van der Waals surface area (Å²) in [6.07, 6.45) is -3.10. The van der Waals surface area contributed by atoms with Crippen LogP contribution >= 0.6 is 11.6 Å². The fraction of sp³-hybridized carbons (Fsp3) is 0.133. The first-order valence-electron chi connectivity index (χ1n) is 7.04. The lowest BCUT2D eigenvalue weighted by molar-refractivity contribution is -0.141. The van der Waals surface area contributed by atoms with Crippen molar-refractivity contribution in [2.45, 2.75) is 12.7 Å². The summed E-state index contributed by atoms with van der Waals surface area (Å²) in [6.45, 7) is 0.428. The second-order valence-electron chi connectivity index (χ2n) is 5.13. The number of H-pyrrole nitrogens is 1. The Kier molecular flexibility index (Phi) is 4.49. The van der Waals surface area contributed by atoms with E-state index in [-0.39, 0.29) is 10.8 Å². The SMILES string of the molecule is O=C(Nc1nn(Cc2ccccc2)cc1Cl)c1cc(C(F)(F)F)[nH]n1. The number of aromatic nitrogens is 4. The molecule has 0 aliphatic carbocycles.